The molecule has 7 heteroatoms. The van der Waals surface area contributed by atoms with Crippen molar-refractivity contribution in [1.82, 2.24) is 20.6 Å². The standard InChI is InChI=1S/C18H13BrN4O2/c1-24-14-4-2-3-12(9-14)15-10-16(25-22-15)18-17(20-23-21-18)11-5-7-13(19)8-6-11/h2-10H,1H3,(H,20,21,23). The van der Waals surface area contributed by atoms with E-state index in [2.05, 4.69) is 36.5 Å². The fraction of sp³-hybridized carbons (Fsp3) is 0.0556. The molecule has 0 fully saturated rings. The van der Waals surface area contributed by atoms with Crippen molar-refractivity contribution in [2.45, 2.75) is 0 Å². The molecule has 0 bridgehead atoms. The summed E-state index contributed by atoms with van der Waals surface area (Å²) in [7, 11) is 1.63. The Morgan fingerprint density at radius 2 is 1.76 bits per heavy atom. The summed E-state index contributed by atoms with van der Waals surface area (Å²) in [4.78, 5) is 0. The zero-order chi connectivity index (χ0) is 17.2. The number of rotatable bonds is 4. The van der Waals surface area contributed by atoms with E-state index in [0.717, 1.165) is 21.3 Å². The van der Waals surface area contributed by atoms with Crippen LogP contribution >= 0.6 is 15.9 Å². The smallest absolute Gasteiger partial charge is 0.190 e. The average molecular weight is 397 g/mol. The highest BCUT2D eigenvalue weighted by Crippen LogP contribution is 2.32. The van der Waals surface area contributed by atoms with Gasteiger partial charge in [-0.05, 0) is 24.3 Å². The first-order chi connectivity index (χ1) is 12.2. The van der Waals surface area contributed by atoms with Crippen LogP contribution in [0.2, 0.25) is 0 Å². The summed E-state index contributed by atoms with van der Waals surface area (Å²) < 4.78 is 11.8. The van der Waals surface area contributed by atoms with Gasteiger partial charge < -0.3 is 9.26 Å². The summed E-state index contributed by atoms with van der Waals surface area (Å²) in [5.41, 5.74) is 3.87. The fourth-order valence-electron chi connectivity index (χ4n) is 2.52. The predicted molar refractivity (Wildman–Crippen MR) is 97.0 cm³/mol. The second-order valence-corrected chi connectivity index (χ2v) is 6.25. The van der Waals surface area contributed by atoms with Crippen molar-refractivity contribution >= 4 is 15.9 Å². The Kier molecular flexibility index (Phi) is 4.07. The second kappa shape index (κ2) is 6.52. The van der Waals surface area contributed by atoms with Gasteiger partial charge in [-0.25, -0.2) is 0 Å². The molecule has 4 rings (SSSR count). The SMILES string of the molecule is COc1cccc(-c2cc(-c3n[nH]nc3-c3ccc(Br)cc3)on2)c1. The van der Waals surface area contributed by atoms with E-state index < -0.39 is 0 Å². The molecule has 0 spiro atoms. The summed E-state index contributed by atoms with van der Waals surface area (Å²) in [5.74, 6) is 1.31. The summed E-state index contributed by atoms with van der Waals surface area (Å²) in [6.45, 7) is 0. The Balaban J connectivity index is 1.71. The highest BCUT2D eigenvalue weighted by Gasteiger charge is 2.18. The third-order valence-electron chi connectivity index (χ3n) is 3.77. The summed E-state index contributed by atoms with van der Waals surface area (Å²) in [6.07, 6.45) is 0. The summed E-state index contributed by atoms with van der Waals surface area (Å²) >= 11 is 3.43. The number of ether oxygens (including phenoxy) is 1. The van der Waals surface area contributed by atoms with E-state index in [1.54, 1.807) is 7.11 Å². The summed E-state index contributed by atoms with van der Waals surface area (Å²) in [5, 5.41) is 15.3. The van der Waals surface area contributed by atoms with E-state index in [-0.39, 0.29) is 0 Å². The third-order valence-corrected chi connectivity index (χ3v) is 4.30. The lowest BCUT2D eigenvalue weighted by atomic mass is 10.1. The Morgan fingerprint density at radius 1 is 0.960 bits per heavy atom. The van der Waals surface area contributed by atoms with E-state index >= 15 is 0 Å². The Morgan fingerprint density at radius 3 is 2.56 bits per heavy atom. The Hall–Kier alpha value is -2.93. The molecule has 1 N–H and O–H groups in total. The quantitative estimate of drug-likeness (QED) is 0.546. The van der Waals surface area contributed by atoms with E-state index in [4.69, 9.17) is 9.26 Å². The van der Waals surface area contributed by atoms with Gasteiger partial charge in [-0.2, -0.15) is 15.4 Å². The van der Waals surface area contributed by atoms with Gasteiger partial charge in [-0.3, -0.25) is 0 Å². The molecule has 2 aromatic heterocycles. The summed E-state index contributed by atoms with van der Waals surface area (Å²) in [6, 6.07) is 17.3. The molecule has 0 radical (unpaired) electrons. The lowest BCUT2D eigenvalue weighted by molar-refractivity contribution is 0.414. The van der Waals surface area contributed by atoms with Gasteiger partial charge in [0.15, 0.2) is 11.5 Å². The lowest BCUT2D eigenvalue weighted by Crippen LogP contribution is -1.83. The number of nitrogens with one attached hydrogen (secondary N) is 1. The number of benzene rings is 2. The molecule has 6 nitrogen and oxygen atoms in total. The van der Waals surface area contributed by atoms with Crippen LogP contribution in [-0.4, -0.2) is 27.7 Å². The van der Waals surface area contributed by atoms with Crippen LogP contribution in [0.25, 0.3) is 34.0 Å². The zero-order valence-electron chi connectivity index (χ0n) is 13.2. The largest absolute Gasteiger partial charge is 0.497 e. The van der Waals surface area contributed by atoms with Crippen LogP contribution in [0.4, 0.5) is 0 Å². The van der Waals surface area contributed by atoms with Crippen molar-refractivity contribution in [3.8, 4) is 39.7 Å². The van der Waals surface area contributed by atoms with Crippen LogP contribution in [-0.2, 0) is 0 Å². The molecular formula is C18H13BrN4O2. The monoisotopic (exact) mass is 396 g/mol. The van der Waals surface area contributed by atoms with Gasteiger partial charge >= 0.3 is 0 Å². The van der Waals surface area contributed by atoms with Crippen molar-refractivity contribution in [1.29, 1.82) is 0 Å². The van der Waals surface area contributed by atoms with Gasteiger partial charge in [0.25, 0.3) is 0 Å². The molecule has 2 heterocycles. The van der Waals surface area contributed by atoms with Crippen molar-refractivity contribution in [2.75, 3.05) is 7.11 Å². The van der Waals surface area contributed by atoms with Gasteiger partial charge in [0.05, 0.1) is 7.11 Å². The molecular weight excluding hydrogens is 384 g/mol. The molecule has 0 aliphatic carbocycles. The molecule has 124 valence electrons. The number of halogens is 1. The molecule has 25 heavy (non-hydrogen) atoms. The van der Waals surface area contributed by atoms with Gasteiger partial charge in [0, 0.05) is 21.7 Å². The topological polar surface area (TPSA) is 76.8 Å². The molecule has 0 unspecified atom stereocenters. The first-order valence-corrected chi connectivity index (χ1v) is 8.32. The van der Waals surface area contributed by atoms with Crippen LogP contribution in [0, 0.1) is 0 Å². The molecule has 0 atom stereocenters. The van der Waals surface area contributed by atoms with Gasteiger partial charge in [-0.15, -0.1) is 0 Å². The van der Waals surface area contributed by atoms with Crippen molar-refractivity contribution in [3.63, 3.8) is 0 Å². The maximum Gasteiger partial charge on any atom is 0.190 e. The van der Waals surface area contributed by atoms with Gasteiger partial charge in [0.1, 0.15) is 17.1 Å². The predicted octanol–water partition coefficient (Wildman–Crippen LogP) is 4.56. The number of hydrogen-bond acceptors (Lipinski definition) is 5. The first-order valence-electron chi connectivity index (χ1n) is 7.53. The molecule has 0 amide bonds. The molecule has 0 saturated heterocycles. The van der Waals surface area contributed by atoms with E-state index in [9.17, 15) is 0 Å². The van der Waals surface area contributed by atoms with Crippen LogP contribution in [0.3, 0.4) is 0 Å². The third kappa shape index (κ3) is 3.06. The molecule has 4 aromatic rings. The number of aromatic amines is 1. The maximum absolute atomic E-state index is 5.50. The molecule has 0 saturated carbocycles. The maximum atomic E-state index is 5.50. The van der Waals surface area contributed by atoms with Crippen molar-refractivity contribution in [2.24, 2.45) is 0 Å². The van der Waals surface area contributed by atoms with Crippen molar-refractivity contribution < 1.29 is 9.26 Å². The van der Waals surface area contributed by atoms with E-state index in [1.165, 1.54) is 0 Å². The zero-order valence-corrected chi connectivity index (χ0v) is 14.8. The highest BCUT2D eigenvalue weighted by molar-refractivity contribution is 9.10. The molecule has 2 aromatic carbocycles. The first kappa shape index (κ1) is 15.6. The highest BCUT2D eigenvalue weighted by atomic mass is 79.9. The minimum Gasteiger partial charge on any atom is -0.497 e. The number of nitrogens with zero attached hydrogens (tertiary/aromatic N) is 3. The number of aromatic nitrogens is 4. The molecule has 0 aliphatic rings. The normalized spacial score (nSPS) is 10.8. The Labute approximate surface area is 151 Å². The number of hydrogen-bond donors (Lipinski definition) is 1. The molecule has 0 aliphatic heterocycles. The van der Waals surface area contributed by atoms with Crippen LogP contribution in [0.5, 0.6) is 5.75 Å². The van der Waals surface area contributed by atoms with Gasteiger partial charge in [0.2, 0.25) is 0 Å². The minimum atomic E-state index is 0.546. The average Bonchev–Trinajstić information content (AvgIpc) is 3.31. The fourth-order valence-corrected chi connectivity index (χ4v) is 2.78. The van der Waals surface area contributed by atoms with Crippen LogP contribution in [0.15, 0.2) is 63.6 Å². The second-order valence-electron chi connectivity index (χ2n) is 5.34. The van der Waals surface area contributed by atoms with Crippen LogP contribution in [0.1, 0.15) is 0 Å². The lowest BCUT2D eigenvalue weighted by Gasteiger charge is -2.00. The van der Waals surface area contributed by atoms with Crippen LogP contribution < -0.4 is 4.74 Å². The van der Waals surface area contributed by atoms with E-state index in [1.807, 2.05) is 54.6 Å². The van der Waals surface area contributed by atoms with E-state index in [0.29, 0.717) is 22.8 Å². The number of methoxy groups -OCH3 is 1. The Bertz CT molecular complexity index is 1010. The van der Waals surface area contributed by atoms with Crippen molar-refractivity contribution in [3.05, 3.63) is 59.1 Å². The minimum absolute atomic E-state index is 0.546. The van der Waals surface area contributed by atoms with Gasteiger partial charge in [-0.1, -0.05) is 45.4 Å². The number of H-pyrrole nitrogens is 1.